The van der Waals surface area contributed by atoms with E-state index in [2.05, 4.69) is 0 Å². The van der Waals surface area contributed by atoms with Crippen molar-refractivity contribution in [3.05, 3.63) is 29.3 Å². The number of carboxylic acids is 1. The van der Waals surface area contributed by atoms with E-state index in [1.54, 1.807) is 23.1 Å². The zero-order valence-electron chi connectivity index (χ0n) is 11.2. The molecule has 0 saturated carbocycles. The maximum absolute atomic E-state index is 12.5. The summed E-state index contributed by atoms with van der Waals surface area (Å²) in [5.74, 6) is -0.744. The summed E-state index contributed by atoms with van der Waals surface area (Å²) < 4.78 is 5.29. The van der Waals surface area contributed by atoms with E-state index < -0.39 is 5.97 Å². The van der Waals surface area contributed by atoms with Gasteiger partial charge in [-0.05, 0) is 43.0 Å². The Kier molecular flexibility index (Phi) is 3.44. The Morgan fingerprint density at radius 2 is 2.00 bits per heavy atom. The molecule has 0 unspecified atom stereocenters. The summed E-state index contributed by atoms with van der Waals surface area (Å²) in [6, 6.07) is 4.99. The molecule has 1 aromatic rings. The lowest BCUT2D eigenvalue weighted by atomic mass is 9.98. The summed E-state index contributed by atoms with van der Waals surface area (Å²) in [6.07, 6.45) is 2.28. The summed E-state index contributed by atoms with van der Waals surface area (Å²) >= 11 is 0. The molecule has 0 atom stereocenters. The summed E-state index contributed by atoms with van der Waals surface area (Å²) in [5.41, 5.74) is 2.10. The third kappa shape index (κ3) is 2.29. The Morgan fingerprint density at radius 1 is 1.25 bits per heavy atom. The van der Waals surface area contributed by atoms with Crippen LogP contribution in [0.5, 0.6) is 0 Å². The lowest BCUT2D eigenvalue weighted by molar-refractivity contribution is -0.125. The van der Waals surface area contributed by atoms with Crippen LogP contribution < -0.4 is 4.90 Å². The van der Waals surface area contributed by atoms with E-state index in [-0.39, 0.29) is 17.4 Å². The second kappa shape index (κ2) is 5.25. The van der Waals surface area contributed by atoms with Gasteiger partial charge in [-0.3, -0.25) is 4.79 Å². The predicted molar refractivity (Wildman–Crippen MR) is 73.0 cm³/mol. The first-order chi connectivity index (χ1) is 9.66. The summed E-state index contributed by atoms with van der Waals surface area (Å²) in [6.45, 7) is 1.94. The Balaban J connectivity index is 1.81. The number of hydrogen-bond donors (Lipinski definition) is 1. The zero-order chi connectivity index (χ0) is 14.1. The van der Waals surface area contributed by atoms with Gasteiger partial charge >= 0.3 is 5.97 Å². The molecule has 1 N–H and O–H groups in total. The van der Waals surface area contributed by atoms with E-state index in [4.69, 9.17) is 9.84 Å². The molecule has 1 amide bonds. The number of aromatic carboxylic acids is 1. The molecule has 1 aromatic carbocycles. The van der Waals surface area contributed by atoms with E-state index in [0.717, 1.165) is 30.5 Å². The highest BCUT2D eigenvalue weighted by Crippen LogP contribution is 2.31. The van der Waals surface area contributed by atoms with Crippen LogP contribution in [0.15, 0.2) is 18.2 Å². The molecular formula is C15H17NO4. The van der Waals surface area contributed by atoms with Crippen molar-refractivity contribution >= 4 is 17.6 Å². The van der Waals surface area contributed by atoms with Crippen LogP contribution in [-0.4, -0.2) is 36.7 Å². The van der Waals surface area contributed by atoms with Crippen LogP contribution >= 0.6 is 0 Å². The Hall–Kier alpha value is -1.88. The normalized spacial score (nSPS) is 18.9. The van der Waals surface area contributed by atoms with Gasteiger partial charge in [-0.25, -0.2) is 4.79 Å². The van der Waals surface area contributed by atoms with Crippen molar-refractivity contribution in [1.82, 2.24) is 0 Å². The van der Waals surface area contributed by atoms with E-state index in [0.29, 0.717) is 19.8 Å². The molecule has 106 valence electrons. The van der Waals surface area contributed by atoms with Gasteiger partial charge in [-0.2, -0.15) is 0 Å². The molecule has 1 fully saturated rings. The summed E-state index contributed by atoms with van der Waals surface area (Å²) in [4.78, 5) is 25.3. The monoisotopic (exact) mass is 275 g/mol. The van der Waals surface area contributed by atoms with Crippen molar-refractivity contribution in [1.29, 1.82) is 0 Å². The predicted octanol–water partition coefficient (Wildman–Crippen LogP) is 1.70. The standard InChI is InChI=1S/C15H17NO4/c17-14(10-4-7-20-8-5-10)16-6-3-11-9-12(15(18)19)1-2-13(11)16/h1-2,9-10H,3-8H2,(H,18,19). The Morgan fingerprint density at radius 3 is 2.70 bits per heavy atom. The number of ether oxygens (including phenoxy) is 1. The SMILES string of the molecule is O=C(O)c1ccc2c(c1)CCN2C(=O)C1CCOCC1. The van der Waals surface area contributed by atoms with Gasteiger partial charge in [0.15, 0.2) is 0 Å². The van der Waals surface area contributed by atoms with Gasteiger partial charge < -0.3 is 14.7 Å². The second-order valence-corrected chi connectivity index (χ2v) is 5.28. The number of rotatable bonds is 2. The van der Waals surface area contributed by atoms with E-state index in [1.807, 2.05) is 0 Å². The molecule has 0 spiro atoms. The van der Waals surface area contributed by atoms with Crippen molar-refractivity contribution in [3.63, 3.8) is 0 Å². The van der Waals surface area contributed by atoms with Gasteiger partial charge in [0.05, 0.1) is 5.56 Å². The average Bonchev–Trinajstić information content (AvgIpc) is 2.90. The molecule has 20 heavy (non-hydrogen) atoms. The maximum Gasteiger partial charge on any atom is 0.335 e. The number of nitrogens with zero attached hydrogens (tertiary/aromatic N) is 1. The maximum atomic E-state index is 12.5. The number of carbonyl (C=O) groups excluding carboxylic acids is 1. The number of amides is 1. The lowest BCUT2D eigenvalue weighted by Crippen LogP contribution is -2.37. The fourth-order valence-electron chi connectivity index (χ4n) is 2.93. The van der Waals surface area contributed by atoms with Crippen molar-refractivity contribution in [3.8, 4) is 0 Å². The van der Waals surface area contributed by atoms with Crippen molar-refractivity contribution in [2.24, 2.45) is 5.92 Å². The quantitative estimate of drug-likeness (QED) is 0.892. The first kappa shape index (κ1) is 13.1. The molecular weight excluding hydrogens is 258 g/mol. The summed E-state index contributed by atoms with van der Waals surface area (Å²) in [5, 5.41) is 9.00. The van der Waals surface area contributed by atoms with Crippen molar-refractivity contribution in [2.45, 2.75) is 19.3 Å². The molecule has 5 nitrogen and oxygen atoms in total. The third-order valence-corrected chi connectivity index (χ3v) is 4.06. The minimum Gasteiger partial charge on any atom is -0.478 e. The van der Waals surface area contributed by atoms with Crippen LogP contribution in [-0.2, 0) is 16.0 Å². The van der Waals surface area contributed by atoms with Gasteiger partial charge in [0.1, 0.15) is 0 Å². The molecule has 0 radical (unpaired) electrons. The molecule has 0 bridgehead atoms. The highest BCUT2D eigenvalue weighted by atomic mass is 16.5. The van der Waals surface area contributed by atoms with Gasteiger partial charge in [-0.15, -0.1) is 0 Å². The fraction of sp³-hybridized carbons (Fsp3) is 0.467. The van der Waals surface area contributed by atoms with E-state index in [9.17, 15) is 9.59 Å². The topological polar surface area (TPSA) is 66.8 Å². The highest BCUT2D eigenvalue weighted by Gasteiger charge is 2.31. The van der Waals surface area contributed by atoms with Crippen LogP contribution in [0.25, 0.3) is 0 Å². The first-order valence-corrected chi connectivity index (χ1v) is 6.92. The van der Waals surface area contributed by atoms with Crippen molar-refractivity contribution < 1.29 is 19.4 Å². The minimum atomic E-state index is -0.929. The number of carbonyl (C=O) groups is 2. The average molecular weight is 275 g/mol. The van der Waals surface area contributed by atoms with Crippen molar-refractivity contribution in [2.75, 3.05) is 24.7 Å². The fourth-order valence-corrected chi connectivity index (χ4v) is 2.93. The molecule has 5 heteroatoms. The van der Waals surface area contributed by atoms with Crippen LogP contribution in [0, 0.1) is 5.92 Å². The highest BCUT2D eigenvalue weighted by molar-refractivity contribution is 5.98. The Bertz CT molecular complexity index is 549. The largest absolute Gasteiger partial charge is 0.478 e. The number of carboxylic acid groups (broad SMARTS) is 1. The molecule has 2 aliphatic rings. The van der Waals surface area contributed by atoms with Gasteiger partial charge in [0, 0.05) is 31.4 Å². The molecule has 2 aliphatic heterocycles. The Labute approximate surface area is 117 Å². The molecule has 1 saturated heterocycles. The van der Waals surface area contributed by atoms with Crippen LogP contribution in [0.1, 0.15) is 28.8 Å². The molecule has 2 heterocycles. The number of anilines is 1. The molecule has 3 rings (SSSR count). The van der Waals surface area contributed by atoms with E-state index in [1.165, 1.54) is 0 Å². The van der Waals surface area contributed by atoms with E-state index >= 15 is 0 Å². The number of hydrogen-bond acceptors (Lipinski definition) is 3. The van der Waals surface area contributed by atoms with Gasteiger partial charge in [0.25, 0.3) is 0 Å². The van der Waals surface area contributed by atoms with Crippen LogP contribution in [0.2, 0.25) is 0 Å². The second-order valence-electron chi connectivity index (χ2n) is 5.28. The molecule has 0 aliphatic carbocycles. The first-order valence-electron chi connectivity index (χ1n) is 6.92. The third-order valence-electron chi connectivity index (χ3n) is 4.06. The molecule has 0 aromatic heterocycles. The van der Waals surface area contributed by atoms with Gasteiger partial charge in [-0.1, -0.05) is 0 Å². The smallest absolute Gasteiger partial charge is 0.335 e. The van der Waals surface area contributed by atoms with Gasteiger partial charge in [0.2, 0.25) is 5.91 Å². The number of benzene rings is 1. The van der Waals surface area contributed by atoms with Crippen LogP contribution in [0.3, 0.4) is 0 Å². The zero-order valence-corrected chi connectivity index (χ0v) is 11.2. The minimum absolute atomic E-state index is 0.0360. The lowest BCUT2D eigenvalue weighted by Gasteiger charge is -2.26. The number of fused-ring (bicyclic) bond motifs is 1. The summed E-state index contributed by atoms with van der Waals surface area (Å²) in [7, 11) is 0. The van der Waals surface area contributed by atoms with Crippen LogP contribution in [0.4, 0.5) is 5.69 Å².